The van der Waals surface area contributed by atoms with Crippen LogP contribution in [0.1, 0.15) is 25.3 Å². The van der Waals surface area contributed by atoms with Crippen molar-refractivity contribution >= 4 is 33.2 Å². The van der Waals surface area contributed by atoms with Gasteiger partial charge in [0.15, 0.2) is 6.61 Å². The molecule has 1 aromatic carbocycles. The first-order chi connectivity index (χ1) is 14.4. The fourth-order valence-corrected chi connectivity index (χ4v) is 6.08. The van der Waals surface area contributed by atoms with Crippen molar-refractivity contribution in [3.05, 3.63) is 53.4 Å². The number of nitrogens with zero attached hydrogens (tertiary/aromatic N) is 2. The molecule has 2 aromatic rings. The molecule has 0 saturated carbocycles. The van der Waals surface area contributed by atoms with Crippen molar-refractivity contribution in [1.29, 1.82) is 0 Å². The van der Waals surface area contributed by atoms with Crippen molar-refractivity contribution in [1.82, 2.24) is 9.21 Å². The molecule has 0 spiro atoms. The fourth-order valence-electron chi connectivity index (χ4n) is 3.41. The number of hydrogen-bond acceptors (Lipinski definition) is 6. The number of piperidine rings is 1. The number of ether oxygens (including phenoxy) is 1. The van der Waals surface area contributed by atoms with Gasteiger partial charge in [-0.2, -0.15) is 4.31 Å². The lowest BCUT2D eigenvalue weighted by atomic mass is 10.00. The lowest BCUT2D eigenvalue weighted by Gasteiger charge is -2.30. The molecule has 9 heteroatoms. The van der Waals surface area contributed by atoms with Crippen molar-refractivity contribution in [2.45, 2.75) is 30.5 Å². The number of hydrogen-bond donors (Lipinski definition) is 0. The van der Waals surface area contributed by atoms with Gasteiger partial charge in [-0.15, -0.1) is 11.3 Å². The van der Waals surface area contributed by atoms with Crippen LogP contribution in [0.3, 0.4) is 0 Å². The van der Waals surface area contributed by atoms with E-state index in [2.05, 4.69) is 0 Å². The fraction of sp³-hybridized carbons (Fsp3) is 0.429. The highest BCUT2D eigenvalue weighted by Gasteiger charge is 2.34. The van der Waals surface area contributed by atoms with Gasteiger partial charge in [-0.25, -0.2) is 8.42 Å². The molecule has 1 aliphatic heterocycles. The van der Waals surface area contributed by atoms with Gasteiger partial charge < -0.3 is 9.64 Å². The second-order valence-corrected chi connectivity index (χ2v) is 10.2. The summed E-state index contributed by atoms with van der Waals surface area (Å²) >= 11 is 1.16. The van der Waals surface area contributed by atoms with Crippen molar-refractivity contribution in [2.24, 2.45) is 5.92 Å². The molecule has 1 fully saturated rings. The number of sulfonamides is 1. The lowest BCUT2D eigenvalue weighted by molar-refractivity contribution is -0.156. The van der Waals surface area contributed by atoms with E-state index in [-0.39, 0.29) is 23.3 Å². The predicted molar refractivity (Wildman–Crippen MR) is 114 cm³/mol. The van der Waals surface area contributed by atoms with E-state index in [1.807, 2.05) is 37.3 Å². The molecule has 0 radical (unpaired) electrons. The molecule has 1 aliphatic rings. The number of amides is 1. The van der Waals surface area contributed by atoms with Gasteiger partial charge in [0.1, 0.15) is 4.21 Å². The summed E-state index contributed by atoms with van der Waals surface area (Å²) in [6.07, 6.45) is 1.12. The van der Waals surface area contributed by atoms with Crippen LogP contribution in [0.5, 0.6) is 0 Å². The van der Waals surface area contributed by atoms with Crippen LogP contribution in [-0.4, -0.2) is 55.7 Å². The summed E-state index contributed by atoms with van der Waals surface area (Å²) in [5, 5.41) is 1.71. The van der Waals surface area contributed by atoms with E-state index in [9.17, 15) is 18.0 Å². The summed E-state index contributed by atoms with van der Waals surface area (Å²) in [5.41, 5.74) is 1.00. The third kappa shape index (κ3) is 5.47. The quantitative estimate of drug-likeness (QED) is 0.578. The lowest BCUT2D eigenvalue weighted by Crippen LogP contribution is -2.43. The molecule has 30 heavy (non-hydrogen) atoms. The smallest absolute Gasteiger partial charge is 0.310 e. The highest BCUT2D eigenvalue weighted by Crippen LogP contribution is 2.26. The summed E-state index contributed by atoms with van der Waals surface area (Å²) in [7, 11) is -3.60. The van der Waals surface area contributed by atoms with E-state index < -0.39 is 21.9 Å². The maximum Gasteiger partial charge on any atom is 0.310 e. The Balaban J connectivity index is 1.54. The number of likely N-dealkylation sites (N-methyl/N-ethyl adjacent to an activating group) is 1. The molecular weight excluding hydrogens is 424 g/mol. The molecular formula is C21H26N2O5S2. The normalized spacial score (nSPS) is 17.4. The molecule has 162 valence electrons. The van der Waals surface area contributed by atoms with Gasteiger partial charge in [-0.1, -0.05) is 36.4 Å². The van der Waals surface area contributed by atoms with Gasteiger partial charge in [0.05, 0.1) is 5.92 Å². The Morgan fingerprint density at radius 1 is 1.20 bits per heavy atom. The van der Waals surface area contributed by atoms with Crippen LogP contribution in [-0.2, 0) is 30.9 Å². The average molecular weight is 451 g/mol. The number of thiophene rings is 1. The van der Waals surface area contributed by atoms with E-state index in [4.69, 9.17) is 4.74 Å². The number of esters is 1. The van der Waals surface area contributed by atoms with Gasteiger partial charge in [-0.3, -0.25) is 9.59 Å². The molecule has 1 aromatic heterocycles. The van der Waals surface area contributed by atoms with Gasteiger partial charge >= 0.3 is 5.97 Å². The summed E-state index contributed by atoms with van der Waals surface area (Å²) in [6, 6.07) is 12.9. The number of rotatable bonds is 8. The first-order valence-corrected chi connectivity index (χ1v) is 12.3. The molecule has 3 rings (SSSR count). The van der Waals surface area contributed by atoms with Crippen molar-refractivity contribution < 1.29 is 22.7 Å². The molecule has 0 N–H and O–H groups in total. The Morgan fingerprint density at radius 2 is 1.97 bits per heavy atom. The Kier molecular flexibility index (Phi) is 7.63. The van der Waals surface area contributed by atoms with Crippen molar-refractivity contribution in [3.8, 4) is 0 Å². The number of benzene rings is 1. The van der Waals surface area contributed by atoms with Crippen LogP contribution in [0, 0.1) is 5.92 Å². The zero-order chi connectivity index (χ0) is 21.6. The first-order valence-electron chi connectivity index (χ1n) is 9.93. The Morgan fingerprint density at radius 3 is 2.63 bits per heavy atom. The SMILES string of the molecule is CCN(Cc1ccccc1)C(=O)COC(=O)C1CCCN(S(=O)(=O)c2cccs2)C1. The topological polar surface area (TPSA) is 84.0 Å². The maximum absolute atomic E-state index is 12.7. The minimum absolute atomic E-state index is 0.0781. The standard InChI is InChI=1S/C21H26N2O5S2/c1-2-22(14-17-8-4-3-5-9-17)19(24)16-28-21(25)18-10-6-12-23(15-18)30(26,27)20-11-7-13-29-20/h3-5,7-9,11,13,18H,2,6,10,12,14-16H2,1H3. The third-order valence-electron chi connectivity index (χ3n) is 5.10. The zero-order valence-electron chi connectivity index (χ0n) is 16.9. The van der Waals surface area contributed by atoms with E-state index >= 15 is 0 Å². The van der Waals surface area contributed by atoms with Crippen LogP contribution in [0.15, 0.2) is 52.1 Å². The monoisotopic (exact) mass is 450 g/mol. The van der Waals surface area contributed by atoms with Crippen LogP contribution in [0.4, 0.5) is 0 Å². The van der Waals surface area contributed by atoms with E-state index in [1.165, 1.54) is 4.31 Å². The van der Waals surface area contributed by atoms with E-state index in [0.717, 1.165) is 16.9 Å². The van der Waals surface area contributed by atoms with Crippen molar-refractivity contribution in [3.63, 3.8) is 0 Å². The van der Waals surface area contributed by atoms with Crippen LogP contribution < -0.4 is 0 Å². The first kappa shape index (κ1) is 22.5. The predicted octanol–water partition coefficient (Wildman–Crippen LogP) is 2.74. The highest BCUT2D eigenvalue weighted by molar-refractivity contribution is 7.91. The molecule has 0 aliphatic carbocycles. The van der Waals surface area contributed by atoms with Gasteiger partial charge in [-0.05, 0) is 36.8 Å². The molecule has 7 nitrogen and oxygen atoms in total. The molecule has 0 bridgehead atoms. The summed E-state index contributed by atoms with van der Waals surface area (Å²) in [5.74, 6) is -1.36. The number of carbonyl (C=O) groups excluding carboxylic acids is 2. The minimum atomic E-state index is -3.60. The summed E-state index contributed by atoms with van der Waals surface area (Å²) in [4.78, 5) is 26.6. The Labute approximate surface area is 181 Å². The van der Waals surface area contributed by atoms with E-state index in [0.29, 0.717) is 32.5 Å². The molecule has 1 atom stereocenters. The molecule has 2 heterocycles. The van der Waals surface area contributed by atoms with E-state index in [1.54, 1.807) is 22.4 Å². The molecule has 1 saturated heterocycles. The summed E-state index contributed by atoms with van der Waals surface area (Å²) < 4.78 is 32.3. The Hall–Kier alpha value is -2.23. The maximum atomic E-state index is 12.7. The number of carbonyl (C=O) groups is 2. The second-order valence-electron chi connectivity index (χ2n) is 7.14. The average Bonchev–Trinajstić information content (AvgIpc) is 3.32. The van der Waals surface area contributed by atoms with Gasteiger partial charge in [0.25, 0.3) is 15.9 Å². The van der Waals surface area contributed by atoms with Crippen LogP contribution >= 0.6 is 11.3 Å². The van der Waals surface area contributed by atoms with Gasteiger partial charge in [0.2, 0.25) is 0 Å². The minimum Gasteiger partial charge on any atom is -0.455 e. The van der Waals surface area contributed by atoms with Gasteiger partial charge in [0, 0.05) is 26.2 Å². The zero-order valence-corrected chi connectivity index (χ0v) is 18.5. The Bertz CT molecular complexity index is 945. The largest absolute Gasteiger partial charge is 0.455 e. The van der Waals surface area contributed by atoms with Crippen molar-refractivity contribution in [2.75, 3.05) is 26.2 Å². The molecule has 1 amide bonds. The van der Waals surface area contributed by atoms with Crippen LogP contribution in [0.25, 0.3) is 0 Å². The summed E-state index contributed by atoms with van der Waals surface area (Å²) in [6.45, 7) is 2.94. The highest BCUT2D eigenvalue weighted by atomic mass is 32.2. The second kappa shape index (κ2) is 10.2. The molecule has 1 unspecified atom stereocenters. The van der Waals surface area contributed by atoms with Crippen LogP contribution in [0.2, 0.25) is 0 Å². The third-order valence-corrected chi connectivity index (χ3v) is 8.33.